The molecule has 128 valence electrons. The van der Waals surface area contributed by atoms with Crippen LogP contribution in [-0.2, 0) is 0 Å². The lowest BCUT2D eigenvalue weighted by Crippen LogP contribution is -2.12. The van der Waals surface area contributed by atoms with Gasteiger partial charge in [0, 0.05) is 16.8 Å². The molecular formula is C18H14N6O2. The first kappa shape index (κ1) is 15.7. The Bertz CT molecular complexity index is 1040. The van der Waals surface area contributed by atoms with Gasteiger partial charge in [0.05, 0.1) is 11.9 Å². The Morgan fingerprint density at radius 1 is 1.15 bits per heavy atom. The highest BCUT2D eigenvalue weighted by molar-refractivity contribution is 6.04. The second-order valence-electron chi connectivity index (χ2n) is 5.59. The SMILES string of the molecule is Cc1nnnn1-c1cccc(NC(=O)c2ccc(-c3cnco3)cc2)c1. The second-order valence-corrected chi connectivity index (χ2v) is 5.59. The van der Waals surface area contributed by atoms with E-state index in [1.54, 1.807) is 29.9 Å². The Hall–Kier alpha value is -3.81. The van der Waals surface area contributed by atoms with Gasteiger partial charge < -0.3 is 9.73 Å². The number of hydrogen-bond donors (Lipinski definition) is 1. The van der Waals surface area contributed by atoms with E-state index in [-0.39, 0.29) is 5.91 Å². The highest BCUT2D eigenvalue weighted by Crippen LogP contribution is 2.20. The number of nitrogens with zero attached hydrogens (tertiary/aromatic N) is 5. The maximum Gasteiger partial charge on any atom is 0.255 e. The Labute approximate surface area is 148 Å². The first-order valence-electron chi connectivity index (χ1n) is 7.86. The van der Waals surface area contributed by atoms with Gasteiger partial charge in [-0.3, -0.25) is 4.79 Å². The number of nitrogens with one attached hydrogen (secondary N) is 1. The molecule has 0 aliphatic carbocycles. The van der Waals surface area contributed by atoms with Crippen LogP contribution >= 0.6 is 0 Å². The van der Waals surface area contributed by atoms with Crippen LogP contribution in [0.15, 0.2) is 65.5 Å². The summed E-state index contributed by atoms with van der Waals surface area (Å²) < 4.78 is 6.84. The first-order chi connectivity index (χ1) is 12.7. The molecule has 0 atom stereocenters. The van der Waals surface area contributed by atoms with Crippen molar-refractivity contribution in [3.8, 4) is 17.0 Å². The molecule has 0 aliphatic heterocycles. The number of carbonyl (C=O) groups excluding carboxylic acids is 1. The van der Waals surface area contributed by atoms with E-state index in [0.717, 1.165) is 11.3 Å². The monoisotopic (exact) mass is 346 g/mol. The van der Waals surface area contributed by atoms with Crippen LogP contribution in [0, 0.1) is 6.92 Å². The number of tetrazole rings is 1. The summed E-state index contributed by atoms with van der Waals surface area (Å²) in [5.41, 5.74) is 2.82. The fourth-order valence-electron chi connectivity index (χ4n) is 2.53. The molecular weight excluding hydrogens is 332 g/mol. The Balaban J connectivity index is 1.52. The van der Waals surface area contributed by atoms with Crippen LogP contribution in [-0.4, -0.2) is 31.1 Å². The van der Waals surface area contributed by atoms with Crippen molar-refractivity contribution in [2.45, 2.75) is 6.92 Å². The van der Waals surface area contributed by atoms with Gasteiger partial charge in [-0.05, 0) is 47.7 Å². The van der Waals surface area contributed by atoms with Gasteiger partial charge in [0.2, 0.25) is 0 Å². The molecule has 26 heavy (non-hydrogen) atoms. The molecule has 0 saturated heterocycles. The normalized spacial score (nSPS) is 10.7. The highest BCUT2D eigenvalue weighted by atomic mass is 16.3. The molecule has 0 fully saturated rings. The predicted molar refractivity (Wildman–Crippen MR) is 93.8 cm³/mol. The number of amides is 1. The van der Waals surface area contributed by atoms with Crippen molar-refractivity contribution in [3.05, 3.63) is 72.5 Å². The second kappa shape index (κ2) is 6.60. The minimum absolute atomic E-state index is 0.209. The number of benzene rings is 2. The zero-order valence-corrected chi connectivity index (χ0v) is 13.8. The van der Waals surface area contributed by atoms with Crippen molar-refractivity contribution < 1.29 is 9.21 Å². The summed E-state index contributed by atoms with van der Waals surface area (Å²) >= 11 is 0. The van der Waals surface area contributed by atoms with Crippen molar-refractivity contribution in [2.24, 2.45) is 0 Å². The third-order valence-corrected chi connectivity index (χ3v) is 3.84. The maximum atomic E-state index is 12.5. The molecule has 8 heteroatoms. The van der Waals surface area contributed by atoms with E-state index in [2.05, 4.69) is 25.8 Å². The van der Waals surface area contributed by atoms with E-state index in [0.29, 0.717) is 22.8 Å². The fourth-order valence-corrected chi connectivity index (χ4v) is 2.53. The first-order valence-corrected chi connectivity index (χ1v) is 7.86. The molecule has 0 unspecified atom stereocenters. The zero-order valence-electron chi connectivity index (χ0n) is 13.8. The Morgan fingerprint density at radius 3 is 2.69 bits per heavy atom. The molecule has 8 nitrogen and oxygen atoms in total. The number of carbonyl (C=O) groups is 1. The van der Waals surface area contributed by atoms with Crippen molar-refractivity contribution in [1.29, 1.82) is 0 Å². The van der Waals surface area contributed by atoms with E-state index in [9.17, 15) is 4.79 Å². The van der Waals surface area contributed by atoms with Gasteiger partial charge in [-0.2, -0.15) is 4.68 Å². The topological polar surface area (TPSA) is 98.7 Å². The lowest BCUT2D eigenvalue weighted by molar-refractivity contribution is 0.102. The van der Waals surface area contributed by atoms with Crippen molar-refractivity contribution in [3.63, 3.8) is 0 Å². The van der Waals surface area contributed by atoms with Gasteiger partial charge in [0.15, 0.2) is 18.0 Å². The van der Waals surface area contributed by atoms with Crippen molar-refractivity contribution >= 4 is 11.6 Å². The average molecular weight is 346 g/mol. The summed E-state index contributed by atoms with van der Waals surface area (Å²) in [5, 5.41) is 14.3. The van der Waals surface area contributed by atoms with Crippen LogP contribution < -0.4 is 5.32 Å². The minimum atomic E-state index is -0.209. The number of oxazole rings is 1. The molecule has 2 heterocycles. The molecule has 0 saturated carbocycles. The van der Waals surface area contributed by atoms with Crippen molar-refractivity contribution in [1.82, 2.24) is 25.2 Å². The highest BCUT2D eigenvalue weighted by Gasteiger charge is 2.09. The number of hydrogen-bond acceptors (Lipinski definition) is 6. The Kier molecular flexibility index (Phi) is 3.98. The van der Waals surface area contributed by atoms with Crippen LogP contribution in [0.4, 0.5) is 5.69 Å². The molecule has 1 N–H and O–H groups in total. The van der Waals surface area contributed by atoms with E-state index in [4.69, 9.17) is 4.42 Å². The predicted octanol–water partition coefficient (Wildman–Crippen LogP) is 2.88. The van der Waals surface area contributed by atoms with Crippen LogP contribution in [0.25, 0.3) is 17.0 Å². The standard InChI is InChI=1S/C18H14N6O2/c1-12-21-22-23-24(12)16-4-2-3-15(9-16)20-18(25)14-7-5-13(6-8-14)17-10-19-11-26-17/h2-11H,1H3,(H,20,25). The minimum Gasteiger partial charge on any atom is -0.444 e. The molecule has 0 bridgehead atoms. The number of aromatic nitrogens is 5. The maximum absolute atomic E-state index is 12.5. The molecule has 4 aromatic rings. The lowest BCUT2D eigenvalue weighted by atomic mass is 10.1. The summed E-state index contributed by atoms with van der Waals surface area (Å²) in [5.74, 6) is 1.11. The molecule has 2 aromatic heterocycles. The molecule has 0 aliphatic rings. The quantitative estimate of drug-likeness (QED) is 0.610. The van der Waals surface area contributed by atoms with Gasteiger partial charge >= 0.3 is 0 Å². The molecule has 0 radical (unpaired) electrons. The average Bonchev–Trinajstić information content (AvgIpc) is 3.34. The van der Waals surface area contributed by atoms with Crippen LogP contribution in [0.2, 0.25) is 0 Å². The van der Waals surface area contributed by atoms with E-state index < -0.39 is 0 Å². The largest absolute Gasteiger partial charge is 0.444 e. The van der Waals surface area contributed by atoms with E-state index in [1.165, 1.54) is 6.39 Å². The van der Waals surface area contributed by atoms with Gasteiger partial charge in [-0.1, -0.05) is 18.2 Å². The Morgan fingerprint density at radius 2 is 2.00 bits per heavy atom. The molecule has 0 spiro atoms. The third-order valence-electron chi connectivity index (χ3n) is 3.84. The molecule has 4 rings (SSSR count). The smallest absolute Gasteiger partial charge is 0.255 e. The summed E-state index contributed by atoms with van der Waals surface area (Å²) in [4.78, 5) is 16.4. The lowest BCUT2D eigenvalue weighted by Gasteiger charge is -2.08. The van der Waals surface area contributed by atoms with E-state index in [1.807, 2.05) is 36.4 Å². The van der Waals surface area contributed by atoms with Gasteiger partial charge in [-0.25, -0.2) is 4.98 Å². The van der Waals surface area contributed by atoms with Gasteiger partial charge in [0.25, 0.3) is 5.91 Å². The molecule has 2 aromatic carbocycles. The number of aryl methyl sites for hydroxylation is 1. The van der Waals surface area contributed by atoms with Crippen LogP contribution in [0.5, 0.6) is 0 Å². The molecule has 1 amide bonds. The number of anilines is 1. The van der Waals surface area contributed by atoms with Gasteiger partial charge in [-0.15, -0.1) is 5.10 Å². The third kappa shape index (κ3) is 3.07. The van der Waals surface area contributed by atoms with Gasteiger partial charge in [0.1, 0.15) is 0 Å². The zero-order chi connectivity index (χ0) is 17.9. The summed E-state index contributed by atoms with van der Waals surface area (Å²) in [6, 6.07) is 14.4. The van der Waals surface area contributed by atoms with Crippen molar-refractivity contribution in [2.75, 3.05) is 5.32 Å². The fraction of sp³-hybridized carbons (Fsp3) is 0.0556. The summed E-state index contributed by atoms with van der Waals surface area (Å²) in [7, 11) is 0. The van der Waals surface area contributed by atoms with E-state index >= 15 is 0 Å². The summed E-state index contributed by atoms with van der Waals surface area (Å²) in [6.07, 6.45) is 3.00. The van der Waals surface area contributed by atoms with Crippen LogP contribution in [0.1, 0.15) is 16.2 Å². The summed E-state index contributed by atoms with van der Waals surface area (Å²) in [6.45, 7) is 1.81. The number of rotatable bonds is 4. The van der Waals surface area contributed by atoms with Crippen LogP contribution in [0.3, 0.4) is 0 Å².